The van der Waals surface area contributed by atoms with Gasteiger partial charge in [0.15, 0.2) is 6.10 Å². The van der Waals surface area contributed by atoms with Gasteiger partial charge in [-0.15, -0.1) is 0 Å². The molecular weight excluding hydrogens is 841 g/mol. The van der Waals surface area contributed by atoms with Crippen LogP contribution in [0.15, 0.2) is 12.2 Å². The minimum absolute atomic E-state index is 0.0655. The van der Waals surface area contributed by atoms with E-state index in [0.717, 1.165) is 57.8 Å². The van der Waals surface area contributed by atoms with Crippen molar-refractivity contribution in [1.29, 1.82) is 0 Å². The molecule has 0 aliphatic rings. The average Bonchev–Trinajstić information content (AvgIpc) is 3.34. The van der Waals surface area contributed by atoms with Crippen molar-refractivity contribution in [3.63, 3.8) is 0 Å². The maximum atomic E-state index is 12.9. The highest BCUT2D eigenvalue weighted by atomic mass is 16.6. The van der Waals surface area contributed by atoms with E-state index >= 15 is 0 Å². The van der Waals surface area contributed by atoms with Gasteiger partial charge >= 0.3 is 17.9 Å². The fourth-order valence-corrected chi connectivity index (χ4v) is 9.38. The third-order valence-electron chi connectivity index (χ3n) is 14.0. The summed E-state index contributed by atoms with van der Waals surface area (Å²) in [6, 6.07) is 0. The fourth-order valence-electron chi connectivity index (χ4n) is 9.38. The molecule has 0 saturated heterocycles. The van der Waals surface area contributed by atoms with Crippen LogP contribution in [0.3, 0.4) is 0 Å². The van der Waals surface area contributed by atoms with Crippen molar-refractivity contribution in [3.8, 4) is 0 Å². The first kappa shape index (κ1) is 66.2. The van der Waals surface area contributed by atoms with Gasteiger partial charge in [-0.2, -0.15) is 0 Å². The molecule has 0 rings (SSSR count). The zero-order valence-corrected chi connectivity index (χ0v) is 46.2. The summed E-state index contributed by atoms with van der Waals surface area (Å²) in [7, 11) is 0. The number of allylic oxidation sites excluding steroid dienone is 2. The Morgan fingerprint density at radius 3 is 0.735 bits per heavy atom. The summed E-state index contributed by atoms with van der Waals surface area (Å²) in [5.41, 5.74) is 0. The van der Waals surface area contributed by atoms with Crippen molar-refractivity contribution in [2.45, 2.75) is 354 Å². The first-order valence-corrected chi connectivity index (χ1v) is 30.7. The number of ether oxygens (including phenoxy) is 3. The standard InChI is InChI=1S/C62H118O6/c1-4-7-10-13-16-19-22-25-27-29-30-31-33-34-37-40-43-46-49-52-55-61(64)67-58-59(57-66-60(63)54-51-48-45-42-39-36-24-21-18-15-12-9-6-3)68-62(65)56-53-50-47-44-41-38-35-32-28-26-23-20-17-14-11-8-5-2/h26,28,59H,4-25,27,29-58H2,1-3H3/b28-26-. The van der Waals surface area contributed by atoms with Crippen LogP contribution in [0.1, 0.15) is 348 Å². The molecule has 0 fully saturated rings. The quantitative estimate of drug-likeness (QED) is 0.0262. The highest BCUT2D eigenvalue weighted by Crippen LogP contribution is 2.18. The van der Waals surface area contributed by atoms with E-state index < -0.39 is 6.10 Å². The Balaban J connectivity index is 4.28. The highest BCUT2D eigenvalue weighted by molar-refractivity contribution is 5.71. The molecule has 1 unspecified atom stereocenters. The van der Waals surface area contributed by atoms with Crippen LogP contribution >= 0.6 is 0 Å². The van der Waals surface area contributed by atoms with E-state index in [1.54, 1.807) is 0 Å². The van der Waals surface area contributed by atoms with Crippen LogP contribution in [-0.2, 0) is 28.6 Å². The summed E-state index contributed by atoms with van der Waals surface area (Å²) in [6.45, 7) is 6.70. The smallest absolute Gasteiger partial charge is 0.306 e. The molecule has 402 valence electrons. The predicted octanol–water partition coefficient (Wildman–Crippen LogP) is 20.5. The maximum absolute atomic E-state index is 12.9. The molecule has 68 heavy (non-hydrogen) atoms. The van der Waals surface area contributed by atoms with Crippen LogP contribution in [-0.4, -0.2) is 37.2 Å². The summed E-state index contributed by atoms with van der Waals surface area (Å²) < 4.78 is 16.9. The Bertz CT molecular complexity index is 1060. The largest absolute Gasteiger partial charge is 0.462 e. The second kappa shape index (κ2) is 57.7. The molecule has 0 saturated carbocycles. The molecule has 0 aromatic rings. The van der Waals surface area contributed by atoms with E-state index in [4.69, 9.17) is 14.2 Å². The van der Waals surface area contributed by atoms with Gasteiger partial charge in [-0.25, -0.2) is 0 Å². The van der Waals surface area contributed by atoms with Gasteiger partial charge in [0, 0.05) is 19.3 Å². The highest BCUT2D eigenvalue weighted by Gasteiger charge is 2.19. The summed E-state index contributed by atoms with van der Waals surface area (Å²) in [5, 5.41) is 0. The Morgan fingerprint density at radius 1 is 0.279 bits per heavy atom. The number of carbonyl (C=O) groups excluding carboxylic acids is 3. The van der Waals surface area contributed by atoms with E-state index in [-0.39, 0.29) is 31.1 Å². The van der Waals surface area contributed by atoms with Gasteiger partial charge in [-0.3, -0.25) is 14.4 Å². The molecule has 0 amide bonds. The van der Waals surface area contributed by atoms with Gasteiger partial charge in [0.2, 0.25) is 0 Å². The van der Waals surface area contributed by atoms with Crippen LogP contribution in [0.2, 0.25) is 0 Å². The zero-order valence-electron chi connectivity index (χ0n) is 46.2. The van der Waals surface area contributed by atoms with Gasteiger partial charge in [0.05, 0.1) is 0 Å². The minimum Gasteiger partial charge on any atom is -0.462 e. The van der Waals surface area contributed by atoms with Crippen molar-refractivity contribution in [1.82, 2.24) is 0 Å². The van der Waals surface area contributed by atoms with Gasteiger partial charge < -0.3 is 14.2 Å². The predicted molar refractivity (Wildman–Crippen MR) is 293 cm³/mol. The van der Waals surface area contributed by atoms with Crippen LogP contribution in [0.4, 0.5) is 0 Å². The summed E-state index contributed by atoms with van der Waals surface area (Å²) >= 11 is 0. The second-order valence-electron chi connectivity index (χ2n) is 21.0. The fraction of sp³-hybridized carbons (Fsp3) is 0.919. The van der Waals surface area contributed by atoms with Gasteiger partial charge in [0.1, 0.15) is 13.2 Å². The topological polar surface area (TPSA) is 78.9 Å². The average molecular weight is 960 g/mol. The van der Waals surface area contributed by atoms with Crippen molar-refractivity contribution in [3.05, 3.63) is 12.2 Å². The van der Waals surface area contributed by atoms with E-state index in [1.807, 2.05) is 0 Å². The van der Waals surface area contributed by atoms with Gasteiger partial charge in [0.25, 0.3) is 0 Å². The third-order valence-corrected chi connectivity index (χ3v) is 14.0. The molecule has 0 heterocycles. The maximum Gasteiger partial charge on any atom is 0.306 e. The minimum atomic E-state index is -0.767. The number of unbranched alkanes of at least 4 members (excludes halogenated alkanes) is 44. The molecule has 0 aromatic heterocycles. The van der Waals surface area contributed by atoms with Crippen LogP contribution in [0, 0.1) is 0 Å². The number of carbonyl (C=O) groups is 3. The first-order valence-electron chi connectivity index (χ1n) is 30.7. The van der Waals surface area contributed by atoms with Crippen LogP contribution in [0.5, 0.6) is 0 Å². The zero-order chi connectivity index (χ0) is 49.3. The molecule has 0 aromatic carbocycles. The van der Waals surface area contributed by atoms with Crippen molar-refractivity contribution in [2.24, 2.45) is 0 Å². The molecule has 1 atom stereocenters. The lowest BCUT2D eigenvalue weighted by molar-refractivity contribution is -0.167. The van der Waals surface area contributed by atoms with Crippen molar-refractivity contribution in [2.75, 3.05) is 13.2 Å². The molecular formula is C62H118O6. The second-order valence-corrected chi connectivity index (χ2v) is 21.0. The normalized spacial score (nSPS) is 12.0. The Labute approximate surface area is 424 Å². The molecule has 0 N–H and O–H groups in total. The number of hydrogen-bond acceptors (Lipinski definition) is 6. The van der Waals surface area contributed by atoms with E-state index in [2.05, 4.69) is 32.9 Å². The lowest BCUT2D eigenvalue weighted by Crippen LogP contribution is -2.30. The monoisotopic (exact) mass is 959 g/mol. The van der Waals surface area contributed by atoms with Crippen molar-refractivity contribution < 1.29 is 28.6 Å². The lowest BCUT2D eigenvalue weighted by atomic mass is 10.0. The van der Waals surface area contributed by atoms with Gasteiger partial charge in [-0.05, 0) is 44.9 Å². The summed E-state index contributed by atoms with van der Waals surface area (Å²) in [6.07, 6.45) is 66.4. The van der Waals surface area contributed by atoms with Crippen LogP contribution in [0.25, 0.3) is 0 Å². The van der Waals surface area contributed by atoms with Gasteiger partial charge in [-0.1, -0.05) is 296 Å². The Hall–Kier alpha value is -1.85. The third kappa shape index (κ3) is 55.1. The summed E-state index contributed by atoms with van der Waals surface area (Å²) in [5.74, 6) is -0.842. The number of rotatable bonds is 57. The van der Waals surface area contributed by atoms with E-state index in [0.29, 0.717) is 19.3 Å². The molecule has 0 spiro atoms. The van der Waals surface area contributed by atoms with Crippen LogP contribution < -0.4 is 0 Å². The molecule has 6 nitrogen and oxygen atoms in total. The molecule has 0 aliphatic carbocycles. The molecule has 0 aliphatic heterocycles. The Morgan fingerprint density at radius 2 is 0.485 bits per heavy atom. The first-order chi connectivity index (χ1) is 33.5. The molecule has 0 bridgehead atoms. The SMILES string of the molecule is CCCCCCCC/C=C\CCCCCCCCCC(=O)OC(COC(=O)CCCCCCCCCCCCCCC)COC(=O)CCCCCCCCCCCCCCCCCCCCCC. The van der Waals surface area contributed by atoms with E-state index in [1.165, 1.54) is 250 Å². The Kier molecular flexibility index (Phi) is 56.2. The summed E-state index contributed by atoms with van der Waals surface area (Å²) in [4.78, 5) is 38.2. The van der Waals surface area contributed by atoms with Crippen molar-refractivity contribution >= 4 is 17.9 Å². The number of hydrogen-bond donors (Lipinski definition) is 0. The van der Waals surface area contributed by atoms with E-state index in [9.17, 15) is 14.4 Å². The molecule has 6 heteroatoms. The number of esters is 3. The lowest BCUT2D eigenvalue weighted by Gasteiger charge is -2.18. The molecule has 0 radical (unpaired) electrons.